The van der Waals surface area contributed by atoms with Gasteiger partial charge in [0.2, 0.25) is 0 Å². The number of carbonyl (C=O) groups is 1. The van der Waals surface area contributed by atoms with Crippen molar-refractivity contribution in [3.63, 3.8) is 0 Å². The molecule has 4 heteroatoms. The minimum absolute atomic E-state index is 0.388. The SMILES string of the molecule is COC(=O)[C@H](N)Cc1ccncc1C. The van der Waals surface area contributed by atoms with Crippen LogP contribution in [0.2, 0.25) is 0 Å². The van der Waals surface area contributed by atoms with Crippen LogP contribution in [0.15, 0.2) is 18.5 Å². The Morgan fingerprint density at radius 3 is 3.00 bits per heavy atom. The van der Waals surface area contributed by atoms with Crippen molar-refractivity contribution < 1.29 is 9.53 Å². The smallest absolute Gasteiger partial charge is 0.322 e. The molecule has 0 unspecified atom stereocenters. The fourth-order valence-electron chi connectivity index (χ4n) is 1.20. The number of ether oxygens (including phenoxy) is 1. The second-order valence-corrected chi connectivity index (χ2v) is 3.14. The molecule has 1 rings (SSSR count). The highest BCUT2D eigenvalue weighted by molar-refractivity contribution is 5.75. The number of aryl methyl sites for hydroxylation is 1. The fourth-order valence-corrected chi connectivity index (χ4v) is 1.20. The van der Waals surface area contributed by atoms with Gasteiger partial charge in [-0.3, -0.25) is 9.78 Å². The summed E-state index contributed by atoms with van der Waals surface area (Å²) in [6.07, 6.45) is 3.92. The van der Waals surface area contributed by atoms with E-state index in [-0.39, 0.29) is 5.97 Å². The molecule has 1 atom stereocenters. The van der Waals surface area contributed by atoms with Gasteiger partial charge in [-0.25, -0.2) is 0 Å². The van der Waals surface area contributed by atoms with E-state index in [1.807, 2.05) is 13.0 Å². The zero-order valence-corrected chi connectivity index (χ0v) is 8.36. The predicted molar refractivity (Wildman–Crippen MR) is 52.7 cm³/mol. The lowest BCUT2D eigenvalue weighted by atomic mass is 10.0. The van der Waals surface area contributed by atoms with Gasteiger partial charge in [-0.1, -0.05) is 0 Å². The van der Waals surface area contributed by atoms with Crippen molar-refractivity contribution in [2.24, 2.45) is 5.73 Å². The van der Waals surface area contributed by atoms with Gasteiger partial charge >= 0.3 is 5.97 Å². The van der Waals surface area contributed by atoms with Crippen LogP contribution in [0, 0.1) is 6.92 Å². The van der Waals surface area contributed by atoms with Gasteiger partial charge < -0.3 is 10.5 Å². The van der Waals surface area contributed by atoms with Crippen molar-refractivity contribution in [3.05, 3.63) is 29.6 Å². The zero-order chi connectivity index (χ0) is 10.6. The van der Waals surface area contributed by atoms with Crippen molar-refractivity contribution in [3.8, 4) is 0 Å². The molecular formula is C10H14N2O2. The van der Waals surface area contributed by atoms with Crippen LogP contribution in [0.3, 0.4) is 0 Å². The molecule has 4 nitrogen and oxygen atoms in total. The molecule has 0 radical (unpaired) electrons. The van der Waals surface area contributed by atoms with Gasteiger partial charge in [-0.05, 0) is 30.5 Å². The van der Waals surface area contributed by atoms with E-state index in [1.165, 1.54) is 7.11 Å². The van der Waals surface area contributed by atoms with Crippen molar-refractivity contribution >= 4 is 5.97 Å². The predicted octanol–water partition coefficient (Wildman–Crippen LogP) is 0.433. The molecule has 0 saturated heterocycles. The third-order valence-electron chi connectivity index (χ3n) is 2.08. The Morgan fingerprint density at radius 1 is 1.71 bits per heavy atom. The Balaban J connectivity index is 2.69. The van der Waals surface area contributed by atoms with Crippen LogP contribution < -0.4 is 5.73 Å². The molecule has 1 aromatic heterocycles. The maximum Gasteiger partial charge on any atom is 0.322 e. The average molecular weight is 194 g/mol. The van der Waals surface area contributed by atoms with E-state index in [0.29, 0.717) is 6.42 Å². The Kier molecular flexibility index (Phi) is 3.59. The molecule has 0 aromatic carbocycles. The Bertz CT molecular complexity index is 326. The Hall–Kier alpha value is -1.42. The number of esters is 1. The highest BCUT2D eigenvalue weighted by Gasteiger charge is 2.14. The second kappa shape index (κ2) is 4.72. The van der Waals surface area contributed by atoms with E-state index in [2.05, 4.69) is 9.72 Å². The average Bonchev–Trinajstić information content (AvgIpc) is 2.20. The topological polar surface area (TPSA) is 65.2 Å². The van der Waals surface area contributed by atoms with E-state index in [1.54, 1.807) is 12.4 Å². The number of hydrogen-bond donors (Lipinski definition) is 1. The number of methoxy groups -OCH3 is 1. The molecule has 76 valence electrons. The molecule has 0 spiro atoms. The van der Waals surface area contributed by atoms with E-state index >= 15 is 0 Å². The molecule has 0 saturated carbocycles. The molecule has 0 aliphatic heterocycles. The first-order valence-corrected chi connectivity index (χ1v) is 4.38. The number of carbonyl (C=O) groups excluding carboxylic acids is 1. The van der Waals surface area contributed by atoms with Crippen LogP contribution in [-0.2, 0) is 16.0 Å². The molecular weight excluding hydrogens is 180 g/mol. The number of hydrogen-bond acceptors (Lipinski definition) is 4. The quantitative estimate of drug-likeness (QED) is 0.709. The molecule has 0 fully saturated rings. The van der Waals surface area contributed by atoms with Gasteiger partial charge in [-0.15, -0.1) is 0 Å². The van der Waals surface area contributed by atoms with Gasteiger partial charge in [0.25, 0.3) is 0 Å². The minimum atomic E-state index is -0.596. The van der Waals surface area contributed by atoms with Crippen molar-refractivity contribution in [1.29, 1.82) is 0 Å². The first kappa shape index (κ1) is 10.7. The summed E-state index contributed by atoms with van der Waals surface area (Å²) in [4.78, 5) is 15.0. The van der Waals surface area contributed by atoms with E-state index in [0.717, 1.165) is 11.1 Å². The molecule has 0 bridgehead atoms. The lowest BCUT2D eigenvalue weighted by molar-refractivity contribution is -0.142. The maximum atomic E-state index is 11.1. The number of nitrogens with zero attached hydrogens (tertiary/aromatic N) is 1. The highest BCUT2D eigenvalue weighted by atomic mass is 16.5. The second-order valence-electron chi connectivity index (χ2n) is 3.14. The first-order valence-electron chi connectivity index (χ1n) is 4.38. The van der Waals surface area contributed by atoms with Crippen molar-refractivity contribution in [1.82, 2.24) is 4.98 Å². The van der Waals surface area contributed by atoms with Gasteiger partial charge in [0.1, 0.15) is 6.04 Å². The maximum absolute atomic E-state index is 11.1. The summed E-state index contributed by atoms with van der Waals surface area (Å²) in [5.41, 5.74) is 7.69. The molecule has 1 heterocycles. The first-order chi connectivity index (χ1) is 6.65. The van der Waals surface area contributed by atoms with Crippen LogP contribution in [0.5, 0.6) is 0 Å². The summed E-state index contributed by atoms with van der Waals surface area (Å²) in [6, 6.07) is 1.26. The van der Waals surface area contributed by atoms with E-state index in [9.17, 15) is 4.79 Å². The summed E-state index contributed by atoms with van der Waals surface area (Å²) >= 11 is 0. The molecule has 2 N–H and O–H groups in total. The lowest BCUT2D eigenvalue weighted by Gasteiger charge is -2.10. The summed E-state index contributed by atoms with van der Waals surface area (Å²) in [5, 5.41) is 0. The Labute approximate surface area is 83.1 Å². The van der Waals surface area contributed by atoms with Gasteiger partial charge in [-0.2, -0.15) is 0 Å². The number of rotatable bonds is 3. The summed E-state index contributed by atoms with van der Waals surface area (Å²) in [6.45, 7) is 1.94. The zero-order valence-electron chi connectivity index (χ0n) is 8.36. The largest absolute Gasteiger partial charge is 0.468 e. The number of pyridine rings is 1. The van der Waals surface area contributed by atoms with Crippen LogP contribution in [0.25, 0.3) is 0 Å². The van der Waals surface area contributed by atoms with Crippen molar-refractivity contribution in [2.75, 3.05) is 7.11 Å². The fraction of sp³-hybridized carbons (Fsp3) is 0.400. The normalized spacial score (nSPS) is 12.2. The summed E-state index contributed by atoms with van der Waals surface area (Å²) in [5.74, 6) is -0.388. The Morgan fingerprint density at radius 2 is 2.43 bits per heavy atom. The summed E-state index contributed by atoms with van der Waals surface area (Å²) in [7, 11) is 1.33. The highest BCUT2D eigenvalue weighted by Crippen LogP contribution is 2.07. The number of aromatic nitrogens is 1. The standard InChI is InChI=1S/C10H14N2O2/c1-7-6-12-4-3-8(7)5-9(11)10(13)14-2/h3-4,6,9H,5,11H2,1-2H3/t9-/m1/s1. The third kappa shape index (κ3) is 2.53. The van der Waals surface area contributed by atoms with Gasteiger partial charge in [0.15, 0.2) is 0 Å². The van der Waals surface area contributed by atoms with Crippen LogP contribution in [-0.4, -0.2) is 24.1 Å². The van der Waals surface area contributed by atoms with E-state index in [4.69, 9.17) is 5.73 Å². The van der Waals surface area contributed by atoms with Gasteiger partial charge in [0, 0.05) is 12.4 Å². The molecule has 14 heavy (non-hydrogen) atoms. The third-order valence-corrected chi connectivity index (χ3v) is 2.08. The minimum Gasteiger partial charge on any atom is -0.468 e. The molecule has 0 amide bonds. The van der Waals surface area contributed by atoms with Gasteiger partial charge in [0.05, 0.1) is 7.11 Å². The lowest BCUT2D eigenvalue weighted by Crippen LogP contribution is -2.33. The monoisotopic (exact) mass is 194 g/mol. The van der Waals surface area contributed by atoms with E-state index < -0.39 is 6.04 Å². The van der Waals surface area contributed by atoms with Crippen molar-refractivity contribution in [2.45, 2.75) is 19.4 Å². The van der Waals surface area contributed by atoms with Crippen LogP contribution in [0.4, 0.5) is 0 Å². The molecule has 0 aliphatic rings. The number of nitrogens with two attached hydrogens (primary N) is 1. The van der Waals surface area contributed by atoms with Crippen LogP contribution in [0.1, 0.15) is 11.1 Å². The summed E-state index contributed by atoms with van der Waals surface area (Å²) < 4.78 is 4.54. The molecule has 0 aliphatic carbocycles. The van der Waals surface area contributed by atoms with Crippen LogP contribution >= 0.6 is 0 Å². The molecule has 1 aromatic rings.